The van der Waals surface area contributed by atoms with Crippen LogP contribution in [0.4, 0.5) is 10.1 Å². The SMILES string of the molecule is Cc1ccc(C(=O)Nc2ccccc2)cc1F. The summed E-state index contributed by atoms with van der Waals surface area (Å²) in [6.45, 7) is 1.66. The largest absolute Gasteiger partial charge is 0.322 e. The summed E-state index contributed by atoms with van der Waals surface area (Å²) in [4.78, 5) is 11.8. The minimum absolute atomic E-state index is 0.310. The molecule has 1 N–H and O–H groups in total. The standard InChI is InChI=1S/C14H12FNO/c1-10-7-8-11(9-13(10)15)14(17)16-12-5-3-2-4-6-12/h2-9H,1H3,(H,16,17). The van der Waals surface area contributed by atoms with Gasteiger partial charge in [0.25, 0.3) is 5.91 Å². The molecule has 0 aliphatic heterocycles. The highest BCUT2D eigenvalue weighted by Crippen LogP contribution is 2.12. The van der Waals surface area contributed by atoms with Gasteiger partial charge in [-0.1, -0.05) is 24.3 Å². The van der Waals surface area contributed by atoms with Crippen LogP contribution in [0, 0.1) is 12.7 Å². The van der Waals surface area contributed by atoms with E-state index in [4.69, 9.17) is 0 Å². The first-order valence-electron chi connectivity index (χ1n) is 5.29. The lowest BCUT2D eigenvalue weighted by molar-refractivity contribution is 0.102. The Morgan fingerprint density at radius 2 is 1.82 bits per heavy atom. The summed E-state index contributed by atoms with van der Waals surface area (Å²) in [5, 5.41) is 2.70. The highest BCUT2D eigenvalue weighted by Gasteiger charge is 2.07. The van der Waals surface area contributed by atoms with Crippen LogP contribution in [0.2, 0.25) is 0 Å². The molecule has 2 aromatic carbocycles. The van der Waals surface area contributed by atoms with Crippen molar-refractivity contribution in [1.82, 2.24) is 0 Å². The van der Waals surface area contributed by atoms with E-state index in [2.05, 4.69) is 5.32 Å². The monoisotopic (exact) mass is 229 g/mol. The summed E-state index contributed by atoms with van der Waals surface area (Å²) >= 11 is 0. The molecule has 0 unspecified atom stereocenters. The topological polar surface area (TPSA) is 29.1 Å². The van der Waals surface area contributed by atoms with E-state index in [1.54, 1.807) is 31.2 Å². The molecule has 2 nitrogen and oxygen atoms in total. The molecule has 0 bridgehead atoms. The first-order chi connectivity index (χ1) is 8.16. The molecule has 0 fully saturated rings. The quantitative estimate of drug-likeness (QED) is 0.840. The number of amides is 1. The van der Waals surface area contributed by atoms with Gasteiger partial charge in [0.2, 0.25) is 0 Å². The molecule has 0 atom stereocenters. The van der Waals surface area contributed by atoms with Gasteiger partial charge in [-0.05, 0) is 36.8 Å². The van der Waals surface area contributed by atoms with E-state index >= 15 is 0 Å². The lowest BCUT2D eigenvalue weighted by Gasteiger charge is -2.05. The minimum atomic E-state index is -0.370. The number of carbonyl (C=O) groups is 1. The van der Waals surface area contributed by atoms with Crippen molar-refractivity contribution in [2.75, 3.05) is 5.32 Å². The number of nitrogens with one attached hydrogen (secondary N) is 1. The van der Waals surface area contributed by atoms with Crippen LogP contribution < -0.4 is 5.32 Å². The molecule has 0 aliphatic rings. The van der Waals surface area contributed by atoms with Crippen molar-refractivity contribution in [2.45, 2.75) is 6.92 Å². The van der Waals surface area contributed by atoms with Crippen molar-refractivity contribution in [3.05, 3.63) is 65.5 Å². The van der Waals surface area contributed by atoms with E-state index in [-0.39, 0.29) is 11.7 Å². The average Bonchev–Trinajstić information content (AvgIpc) is 2.34. The Labute approximate surface area is 99.1 Å². The predicted octanol–water partition coefficient (Wildman–Crippen LogP) is 3.39. The van der Waals surface area contributed by atoms with Crippen molar-refractivity contribution in [3.63, 3.8) is 0 Å². The van der Waals surface area contributed by atoms with Gasteiger partial charge in [-0.25, -0.2) is 4.39 Å². The molecule has 0 radical (unpaired) electrons. The second-order valence-electron chi connectivity index (χ2n) is 3.78. The molecule has 3 heteroatoms. The fourth-order valence-corrected chi connectivity index (χ4v) is 1.46. The van der Waals surface area contributed by atoms with Crippen molar-refractivity contribution < 1.29 is 9.18 Å². The van der Waals surface area contributed by atoms with Crippen LogP contribution in [0.3, 0.4) is 0 Å². The Balaban J connectivity index is 2.18. The smallest absolute Gasteiger partial charge is 0.255 e. The zero-order valence-electron chi connectivity index (χ0n) is 9.41. The maximum absolute atomic E-state index is 13.3. The molecule has 1 amide bonds. The van der Waals surface area contributed by atoms with E-state index < -0.39 is 0 Å². The number of hydrogen-bond acceptors (Lipinski definition) is 1. The fourth-order valence-electron chi connectivity index (χ4n) is 1.46. The average molecular weight is 229 g/mol. The van der Waals surface area contributed by atoms with Crippen LogP contribution in [0.25, 0.3) is 0 Å². The molecule has 17 heavy (non-hydrogen) atoms. The van der Waals surface area contributed by atoms with Gasteiger partial charge in [0, 0.05) is 11.3 Å². The Morgan fingerprint density at radius 3 is 2.47 bits per heavy atom. The van der Waals surface area contributed by atoms with E-state index in [1.807, 2.05) is 18.2 Å². The molecule has 0 aromatic heterocycles. The molecule has 0 heterocycles. The third kappa shape index (κ3) is 2.69. The second-order valence-corrected chi connectivity index (χ2v) is 3.78. The van der Waals surface area contributed by atoms with E-state index in [1.165, 1.54) is 6.07 Å². The van der Waals surface area contributed by atoms with E-state index in [0.717, 1.165) is 0 Å². The molecular weight excluding hydrogens is 217 g/mol. The van der Waals surface area contributed by atoms with Gasteiger partial charge in [0.1, 0.15) is 5.82 Å². The van der Waals surface area contributed by atoms with Gasteiger partial charge >= 0.3 is 0 Å². The number of aryl methyl sites for hydroxylation is 1. The number of carbonyl (C=O) groups excluding carboxylic acids is 1. The molecule has 2 aromatic rings. The number of anilines is 1. The summed E-state index contributed by atoms with van der Waals surface area (Å²) < 4.78 is 13.3. The van der Waals surface area contributed by atoms with Crippen LogP contribution in [-0.2, 0) is 0 Å². The zero-order chi connectivity index (χ0) is 12.3. The molecule has 0 saturated carbocycles. The summed E-state index contributed by atoms with van der Waals surface area (Å²) in [6, 6.07) is 13.5. The van der Waals surface area contributed by atoms with Crippen molar-refractivity contribution in [1.29, 1.82) is 0 Å². The van der Waals surface area contributed by atoms with Crippen LogP contribution in [0.5, 0.6) is 0 Å². The third-order valence-corrected chi connectivity index (χ3v) is 2.47. The van der Waals surface area contributed by atoms with Crippen LogP contribution >= 0.6 is 0 Å². The molecule has 0 aliphatic carbocycles. The van der Waals surface area contributed by atoms with Gasteiger partial charge in [-0.15, -0.1) is 0 Å². The number of halogens is 1. The van der Waals surface area contributed by atoms with Gasteiger partial charge in [0.05, 0.1) is 0 Å². The van der Waals surface area contributed by atoms with Gasteiger partial charge in [-0.2, -0.15) is 0 Å². The van der Waals surface area contributed by atoms with Crippen molar-refractivity contribution in [2.24, 2.45) is 0 Å². The molecular formula is C14H12FNO. The highest BCUT2D eigenvalue weighted by molar-refractivity contribution is 6.04. The van der Waals surface area contributed by atoms with Gasteiger partial charge in [0.15, 0.2) is 0 Å². The second kappa shape index (κ2) is 4.78. The zero-order valence-corrected chi connectivity index (χ0v) is 9.41. The first kappa shape index (κ1) is 11.3. The van der Waals surface area contributed by atoms with Crippen LogP contribution in [0.1, 0.15) is 15.9 Å². The van der Waals surface area contributed by atoms with Crippen LogP contribution in [0.15, 0.2) is 48.5 Å². The lowest BCUT2D eigenvalue weighted by Crippen LogP contribution is -2.12. The Morgan fingerprint density at radius 1 is 1.12 bits per heavy atom. The molecule has 0 saturated heterocycles. The maximum atomic E-state index is 13.3. The van der Waals surface area contributed by atoms with Crippen molar-refractivity contribution in [3.8, 4) is 0 Å². The Bertz CT molecular complexity index is 537. The minimum Gasteiger partial charge on any atom is -0.322 e. The molecule has 2 rings (SSSR count). The molecule has 86 valence electrons. The summed E-state index contributed by atoms with van der Waals surface area (Å²) in [5.74, 6) is -0.680. The Hall–Kier alpha value is -2.16. The number of hydrogen-bond donors (Lipinski definition) is 1. The Kier molecular flexibility index (Phi) is 3.19. The van der Waals surface area contributed by atoms with Crippen molar-refractivity contribution >= 4 is 11.6 Å². The normalized spacial score (nSPS) is 10.0. The fraction of sp³-hybridized carbons (Fsp3) is 0.0714. The highest BCUT2D eigenvalue weighted by atomic mass is 19.1. The first-order valence-corrected chi connectivity index (χ1v) is 5.29. The summed E-state index contributed by atoms with van der Waals surface area (Å²) in [6.07, 6.45) is 0. The van der Waals surface area contributed by atoms with Gasteiger partial charge < -0.3 is 5.32 Å². The lowest BCUT2D eigenvalue weighted by atomic mass is 10.1. The van der Waals surface area contributed by atoms with Crippen LogP contribution in [-0.4, -0.2) is 5.91 Å². The number of rotatable bonds is 2. The molecule has 0 spiro atoms. The van der Waals surface area contributed by atoms with Gasteiger partial charge in [-0.3, -0.25) is 4.79 Å². The van der Waals surface area contributed by atoms with E-state index in [9.17, 15) is 9.18 Å². The number of para-hydroxylation sites is 1. The summed E-state index contributed by atoms with van der Waals surface area (Å²) in [5.41, 5.74) is 1.54. The van der Waals surface area contributed by atoms with E-state index in [0.29, 0.717) is 16.8 Å². The predicted molar refractivity (Wildman–Crippen MR) is 65.5 cm³/mol. The maximum Gasteiger partial charge on any atom is 0.255 e. The number of benzene rings is 2. The third-order valence-electron chi connectivity index (χ3n) is 2.47. The summed E-state index contributed by atoms with van der Waals surface area (Å²) in [7, 11) is 0.